The highest BCUT2D eigenvalue weighted by Gasteiger charge is 2.20. The summed E-state index contributed by atoms with van der Waals surface area (Å²) < 4.78 is 11.5. The molecule has 5 nitrogen and oxygen atoms in total. The van der Waals surface area contributed by atoms with Crippen molar-refractivity contribution in [3.05, 3.63) is 59.9 Å². The molecule has 1 amide bonds. The summed E-state index contributed by atoms with van der Waals surface area (Å²) in [7, 11) is 0. The van der Waals surface area contributed by atoms with Crippen molar-refractivity contribution in [2.75, 3.05) is 18.5 Å². The molecule has 0 fully saturated rings. The van der Waals surface area contributed by atoms with Crippen LogP contribution in [-0.4, -0.2) is 19.1 Å². The summed E-state index contributed by atoms with van der Waals surface area (Å²) in [5, 5.41) is 7.27. The summed E-state index contributed by atoms with van der Waals surface area (Å²) >= 11 is 0. The van der Waals surface area contributed by atoms with Crippen LogP contribution in [-0.2, 0) is 11.3 Å². The Balaban J connectivity index is 1.52. The fourth-order valence-electron chi connectivity index (χ4n) is 2.99. The van der Waals surface area contributed by atoms with Crippen LogP contribution in [0.4, 0.5) is 5.69 Å². The molecular formula is C20H20N2O3. The van der Waals surface area contributed by atoms with Crippen molar-refractivity contribution < 1.29 is 13.9 Å². The van der Waals surface area contributed by atoms with Crippen molar-refractivity contribution in [1.29, 1.82) is 0 Å². The molecule has 4 rings (SSSR count). The van der Waals surface area contributed by atoms with Gasteiger partial charge in [0.2, 0.25) is 5.91 Å². The van der Waals surface area contributed by atoms with E-state index in [-0.39, 0.29) is 11.8 Å². The minimum absolute atomic E-state index is 0.0958. The third-order valence-electron chi connectivity index (χ3n) is 4.44. The molecule has 0 bridgehead atoms. The van der Waals surface area contributed by atoms with Crippen LogP contribution >= 0.6 is 0 Å². The number of nitrogens with one attached hydrogen (secondary N) is 2. The Bertz CT molecular complexity index is 883. The highest BCUT2D eigenvalue weighted by atomic mass is 16.5. The van der Waals surface area contributed by atoms with Crippen LogP contribution in [0.3, 0.4) is 0 Å². The normalized spacial score (nSPS) is 15.1. The zero-order chi connectivity index (χ0) is 17.2. The Morgan fingerprint density at radius 1 is 1.20 bits per heavy atom. The van der Waals surface area contributed by atoms with E-state index in [1.54, 1.807) is 0 Å². The minimum Gasteiger partial charge on any atom is -0.492 e. The number of ether oxygens (including phenoxy) is 1. The number of anilines is 1. The molecule has 0 aliphatic carbocycles. The summed E-state index contributed by atoms with van der Waals surface area (Å²) in [4.78, 5) is 12.6. The van der Waals surface area contributed by atoms with Crippen LogP contribution in [0.1, 0.15) is 24.2 Å². The van der Waals surface area contributed by atoms with E-state index in [0.29, 0.717) is 12.4 Å². The number of amides is 1. The SMILES string of the molecule is CC(C(=O)Nc1ccc2c(c1)CNCCO2)c1cc2ccccc2o1. The van der Waals surface area contributed by atoms with E-state index in [1.165, 1.54) is 0 Å². The molecule has 2 N–H and O–H groups in total. The first-order valence-electron chi connectivity index (χ1n) is 8.46. The first-order chi connectivity index (χ1) is 12.2. The molecule has 1 aliphatic rings. The van der Waals surface area contributed by atoms with Crippen LogP contribution in [0.15, 0.2) is 52.9 Å². The molecule has 1 aliphatic heterocycles. The van der Waals surface area contributed by atoms with Gasteiger partial charge in [0.1, 0.15) is 23.7 Å². The molecule has 1 unspecified atom stereocenters. The highest BCUT2D eigenvalue weighted by Crippen LogP contribution is 2.28. The zero-order valence-corrected chi connectivity index (χ0v) is 14.0. The Kier molecular flexibility index (Phi) is 4.15. The lowest BCUT2D eigenvalue weighted by Crippen LogP contribution is -2.18. The first kappa shape index (κ1) is 15.7. The Morgan fingerprint density at radius 2 is 2.08 bits per heavy atom. The third-order valence-corrected chi connectivity index (χ3v) is 4.44. The number of hydrogen-bond acceptors (Lipinski definition) is 4. The van der Waals surface area contributed by atoms with Gasteiger partial charge in [0.15, 0.2) is 0 Å². The largest absolute Gasteiger partial charge is 0.492 e. The average molecular weight is 336 g/mol. The maximum absolute atomic E-state index is 12.6. The molecule has 0 saturated carbocycles. The van der Waals surface area contributed by atoms with Gasteiger partial charge < -0.3 is 19.8 Å². The van der Waals surface area contributed by atoms with Gasteiger partial charge in [0.25, 0.3) is 0 Å². The number of fused-ring (bicyclic) bond motifs is 2. The number of carbonyl (C=O) groups is 1. The van der Waals surface area contributed by atoms with E-state index in [1.807, 2.05) is 55.5 Å². The second kappa shape index (κ2) is 6.61. The number of carbonyl (C=O) groups excluding carboxylic acids is 1. The summed E-state index contributed by atoms with van der Waals surface area (Å²) in [5.41, 5.74) is 2.61. The highest BCUT2D eigenvalue weighted by molar-refractivity contribution is 5.96. The summed E-state index contributed by atoms with van der Waals surface area (Å²) in [6, 6.07) is 15.4. The van der Waals surface area contributed by atoms with Crippen LogP contribution in [0.5, 0.6) is 5.75 Å². The summed E-state index contributed by atoms with van der Waals surface area (Å²) in [5.74, 6) is 1.06. The average Bonchev–Trinajstić information content (AvgIpc) is 2.92. The van der Waals surface area contributed by atoms with Crippen molar-refractivity contribution in [3.8, 4) is 5.75 Å². The van der Waals surface area contributed by atoms with E-state index >= 15 is 0 Å². The number of rotatable bonds is 3. The second-order valence-electron chi connectivity index (χ2n) is 6.25. The predicted molar refractivity (Wildman–Crippen MR) is 96.9 cm³/mol. The monoisotopic (exact) mass is 336 g/mol. The smallest absolute Gasteiger partial charge is 0.234 e. The van der Waals surface area contributed by atoms with E-state index in [2.05, 4.69) is 10.6 Å². The van der Waals surface area contributed by atoms with Gasteiger partial charge in [-0.3, -0.25) is 4.79 Å². The Morgan fingerprint density at radius 3 is 2.96 bits per heavy atom. The molecule has 3 aromatic rings. The molecule has 0 saturated heterocycles. The van der Waals surface area contributed by atoms with E-state index < -0.39 is 0 Å². The fourth-order valence-corrected chi connectivity index (χ4v) is 2.99. The molecule has 0 radical (unpaired) electrons. The van der Waals surface area contributed by atoms with Crippen LogP contribution in [0.2, 0.25) is 0 Å². The quantitative estimate of drug-likeness (QED) is 0.766. The molecule has 0 spiro atoms. The van der Waals surface area contributed by atoms with Crippen molar-refractivity contribution in [2.45, 2.75) is 19.4 Å². The molecule has 1 aromatic heterocycles. The molecular weight excluding hydrogens is 316 g/mol. The van der Waals surface area contributed by atoms with Crippen LogP contribution in [0, 0.1) is 0 Å². The number of benzene rings is 2. The van der Waals surface area contributed by atoms with Crippen LogP contribution < -0.4 is 15.4 Å². The van der Waals surface area contributed by atoms with Gasteiger partial charge in [0.05, 0.1) is 5.92 Å². The van der Waals surface area contributed by atoms with Gasteiger partial charge in [-0.25, -0.2) is 0 Å². The van der Waals surface area contributed by atoms with Gasteiger partial charge >= 0.3 is 0 Å². The Hall–Kier alpha value is -2.79. The molecule has 5 heteroatoms. The molecule has 2 heterocycles. The van der Waals surface area contributed by atoms with Crippen molar-refractivity contribution in [2.24, 2.45) is 0 Å². The number of hydrogen-bond donors (Lipinski definition) is 2. The van der Waals surface area contributed by atoms with Crippen molar-refractivity contribution >= 4 is 22.6 Å². The van der Waals surface area contributed by atoms with E-state index in [9.17, 15) is 4.79 Å². The van der Waals surface area contributed by atoms with Crippen LogP contribution in [0.25, 0.3) is 11.0 Å². The fraction of sp³-hybridized carbons (Fsp3) is 0.250. The third kappa shape index (κ3) is 3.23. The maximum atomic E-state index is 12.6. The van der Waals surface area contributed by atoms with Gasteiger partial charge in [0, 0.05) is 29.7 Å². The zero-order valence-electron chi connectivity index (χ0n) is 14.0. The molecule has 25 heavy (non-hydrogen) atoms. The maximum Gasteiger partial charge on any atom is 0.234 e. The lowest BCUT2D eigenvalue weighted by atomic mass is 10.1. The van der Waals surface area contributed by atoms with Gasteiger partial charge in [-0.1, -0.05) is 18.2 Å². The summed E-state index contributed by atoms with van der Waals surface area (Å²) in [6.07, 6.45) is 0. The minimum atomic E-state index is -0.374. The number of furan rings is 1. The predicted octanol–water partition coefficient (Wildman–Crippen LogP) is 3.66. The lowest BCUT2D eigenvalue weighted by Gasteiger charge is -2.12. The van der Waals surface area contributed by atoms with Crippen molar-refractivity contribution in [3.63, 3.8) is 0 Å². The summed E-state index contributed by atoms with van der Waals surface area (Å²) in [6.45, 7) is 4.06. The second-order valence-corrected chi connectivity index (χ2v) is 6.25. The molecule has 2 aromatic carbocycles. The first-order valence-corrected chi connectivity index (χ1v) is 8.46. The molecule has 1 atom stereocenters. The van der Waals surface area contributed by atoms with Gasteiger partial charge in [-0.2, -0.15) is 0 Å². The standard InChI is InChI=1S/C20H20N2O3/c1-13(19-11-14-4-2-3-5-18(14)25-19)20(23)22-16-6-7-17-15(10-16)12-21-8-9-24-17/h2-7,10-11,13,21H,8-9,12H2,1H3,(H,22,23). The topological polar surface area (TPSA) is 63.5 Å². The molecule has 128 valence electrons. The van der Waals surface area contributed by atoms with Gasteiger partial charge in [-0.15, -0.1) is 0 Å². The lowest BCUT2D eigenvalue weighted by molar-refractivity contribution is -0.117. The van der Waals surface area contributed by atoms with Crippen molar-refractivity contribution in [1.82, 2.24) is 5.32 Å². The van der Waals surface area contributed by atoms with E-state index in [4.69, 9.17) is 9.15 Å². The van der Waals surface area contributed by atoms with E-state index in [0.717, 1.165) is 41.1 Å². The van der Waals surface area contributed by atoms with Gasteiger partial charge in [-0.05, 0) is 37.3 Å². The Labute approximate surface area is 146 Å². The number of para-hydroxylation sites is 1.